The van der Waals surface area contributed by atoms with Gasteiger partial charge in [0.25, 0.3) is 0 Å². The summed E-state index contributed by atoms with van der Waals surface area (Å²) < 4.78 is 12.9. The van der Waals surface area contributed by atoms with Crippen LogP contribution < -0.4 is 10.9 Å². The number of carbonyl (C=O) groups is 1. The van der Waals surface area contributed by atoms with E-state index in [1.54, 1.807) is 6.07 Å². The number of hydrogen-bond donors (Lipinski definition) is 2. The standard InChI is InChI=1S/C10H10FN3O/c11-8-3-1-2-7(4-8)5-9-12-10(6-15)14-13-9/h1-4,6,10,14H,5H2,(H,12,13). The van der Waals surface area contributed by atoms with Crippen molar-refractivity contribution >= 4 is 12.1 Å². The molecule has 4 nitrogen and oxygen atoms in total. The zero-order chi connectivity index (χ0) is 10.7. The van der Waals surface area contributed by atoms with Gasteiger partial charge in [0.15, 0.2) is 12.5 Å². The van der Waals surface area contributed by atoms with Crippen LogP contribution in [0.4, 0.5) is 4.39 Å². The molecule has 2 rings (SSSR count). The van der Waals surface area contributed by atoms with Crippen molar-refractivity contribution in [3.05, 3.63) is 35.6 Å². The maximum atomic E-state index is 12.9. The summed E-state index contributed by atoms with van der Waals surface area (Å²) in [6, 6.07) is 6.28. The molecular weight excluding hydrogens is 197 g/mol. The summed E-state index contributed by atoms with van der Waals surface area (Å²) in [5.74, 6) is 0.365. The Bertz CT molecular complexity index is 405. The van der Waals surface area contributed by atoms with Crippen molar-refractivity contribution in [2.24, 2.45) is 4.99 Å². The average Bonchev–Trinajstić information content (AvgIpc) is 2.65. The predicted octanol–water partition coefficient (Wildman–Crippen LogP) is 0.400. The first-order valence-corrected chi connectivity index (χ1v) is 4.56. The number of nitrogens with one attached hydrogen (secondary N) is 2. The smallest absolute Gasteiger partial charge is 0.174 e. The summed E-state index contributed by atoms with van der Waals surface area (Å²) >= 11 is 0. The van der Waals surface area contributed by atoms with E-state index in [4.69, 9.17) is 0 Å². The highest BCUT2D eigenvalue weighted by atomic mass is 19.1. The summed E-state index contributed by atoms with van der Waals surface area (Å²) in [6.07, 6.45) is 0.647. The van der Waals surface area contributed by atoms with Crippen molar-refractivity contribution < 1.29 is 9.18 Å². The van der Waals surface area contributed by atoms with Crippen LogP contribution in [-0.2, 0) is 11.2 Å². The maximum absolute atomic E-state index is 12.9. The molecule has 0 amide bonds. The maximum Gasteiger partial charge on any atom is 0.174 e. The number of benzene rings is 1. The Morgan fingerprint density at radius 2 is 2.40 bits per heavy atom. The molecule has 78 valence electrons. The van der Waals surface area contributed by atoms with Crippen LogP contribution in [0.1, 0.15) is 5.56 Å². The molecule has 0 saturated heterocycles. The highest BCUT2D eigenvalue weighted by Crippen LogP contribution is 2.05. The molecule has 5 heteroatoms. The largest absolute Gasteiger partial charge is 0.307 e. The highest BCUT2D eigenvalue weighted by Gasteiger charge is 2.14. The summed E-state index contributed by atoms with van der Waals surface area (Å²) in [6.45, 7) is 0. The van der Waals surface area contributed by atoms with E-state index in [1.807, 2.05) is 6.07 Å². The van der Waals surface area contributed by atoms with E-state index in [-0.39, 0.29) is 5.82 Å². The first-order chi connectivity index (χ1) is 7.28. The number of nitrogens with zero attached hydrogens (tertiary/aromatic N) is 1. The normalized spacial score (nSPS) is 19.5. The van der Waals surface area contributed by atoms with Crippen molar-refractivity contribution in [1.82, 2.24) is 10.9 Å². The second-order valence-electron chi connectivity index (χ2n) is 3.23. The quantitative estimate of drug-likeness (QED) is 0.705. The fourth-order valence-corrected chi connectivity index (χ4v) is 1.38. The van der Waals surface area contributed by atoms with Crippen LogP contribution in [0.5, 0.6) is 0 Å². The fourth-order valence-electron chi connectivity index (χ4n) is 1.38. The molecule has 1 aromatic rings. The van der Waals surface area contributed by atoms with Crippen LogP contribution >= 0.6 is 0 Å². The van der Waals surface area contributed by atoms with Crippen LogP contribution in [-0.4, -0.2) is 18.3 Å². The Labute approximate surface area is 86.2 Å². The minimum atomic E-state index is -0.534. The minimum Gasteiger partial charge on any atom is -0.307 e. The lowest BCUT2D eigenvalue weighted by molar-refractivity contribution is -0.109. The first kappa shape index (κ1) is 9.79. The van der Waals surface area contributed by atoms with Crippen LogP contribution in [0.15, 0.2) is 29.3 Å². The van der Waals surface area contributed by atoms with E-state index in [9.17, 15) is 9.18 Å². The highest BCUT2D eigenvalue weighted by molar-refractivity contribution is 5.87. The lowest BCUT2D eigenvalue weighted by Crippen LogP contribution is -2.36. The minimum absolute atomic E-state index is 0.272. The zero-order valence-corrected chi connectivity index (χ0v) is 7.90. The van der Waals surface area contributed by atoms with Gasteiger partial charge in [-0.3, -0.25) is 4.79 Å². The van der Waals surface area contributed by atoms with Gasteiger partial charge in [-0.2, -0.15) is 0 Å². The van der Waals surface area contributed by atoms with Gasteiger partial charge in [0.05, 0.1) is 0 Å². The molecule has 0 aromatic heterocycles. The van der Waals surface area contributed by atoms with Gasteiger partial charge >= 0.3 is 0 Å². The molecule has 1 aliphatic heterocycles. The lowest BCUT2D eigenvalue weighted by Gasteiger charge is -2.01. The number of halogens is 1. The predicted molar refractivity (Wildman–Crippen MR) is 53.7 cm³/mol. The number of carbonyl (C=O) groups excluding carboxylic acids is 1. The Morgan fingerprint density at radius 3 is 3.07 bits per heavy atom. The van der Waals surface area contributed by atoms with Gasteiger partial charge in [-0.15, -0.1) is 0 Å². The van der Waals surface area contributed by atoms with Crippen LogP contribution in [0.25, 0.3) is 0 Å². The third kappa shape index (κ3) is 2.38. The molecule has 0 aliphatic carbocycles. The molecule has 1 atom stereocenters. The number of hydrazine groups is 1. The molecule has 0 fully saturated rings. The molecule has 1 heterocycles. The number of hydrogen-bond acceptors (Lipinski definition) is 4. The van der Waals surface area contributed by atoms with Crippen molar-refractivity contribution in [3.8, 4) is 0 Å². The first-order valence-electron chi connectivity index (χ1n) is 4.56. The van der Waals surface area contributed by atoms with E-state index >= 15 is 0 Å². The average molecular weight is 207 g/mol. The van der Waals surface area contributed by atoms with Gasteiger partial charge in [0.1, 0.15) is 11.7 Å². The molecular formula is C10H10FN3O. The van der Waals surface area contributed by atoms with Crippen molar-refractivity contribution in [2.75, 3.05) is 0 Å². The van der Waals surface area contributed by atoms with Crippen LogP contribution in [0.2, 0.25) is 0 Å². The topological polar surface area (TPSA) is 53.5 Å². The SMILES string of the molecule is O=CC1N=C(Cc2cccc(F)c2)NN1. The van der Waals surface area contributed by atoms with E-state index in [0.29, 0.717) is 18.5 Å². The Hall–Kier alpha value is -1.75. The van der Waals surface area contributed by atoms with Gasteiger partial charge < -0.3 is 5.43 Å². The molecule has 1 unspecified atom stereocenters. The van der Waals surface area contributed by atoms with Crippen molar-refractivity contribution in [1.29, 1.82) is 0 Å². The second-order valence-corrected chi connectivity index (χ2v) is 3.23. The molecule has 0 spiro atoms. The summed E-state index contributed by atoms with van der Waals surface area (Å²) in [4.78, 5) is 14.4. The molecule has 0 radical (unpaired) electrons. The summed E-state index contributed by atoms with van der Waals surface area (Å²) in [5.41, 5.74) is 6.26. The van der Waals surface area contributed by atoms with Crippen LogP contribution in [0.3, 0.4) is 0 Å². The monoisotopic (exact) mass is 207 g/mol. The molecule has 1 aliphatic rings. The lowest BCUT2D eigenvalue weighted by atomic mass is 10.1. The van der Waals surface area contributed by atoms with Gasteiger partial charge in [-0.1, -0.05) is 12.1 Å². The van der Waals surface area contributed by atoms with E-state index in [0.717, 1.165) is 5.56 Å². The molecule has 15 heavy (non-hydrogen) atoms. The third-order valence-corrected chi connectivity index (χ3v) is 2.05. The number of amidine groups is 1. The van der Waals surface area contributed by atoms with E-state index in [1.165, 1.54) is 12.1 Å². The van der Waals surface area contributed by atoms with Gasteiger partial charge in [0.2, 0.25) is 0 Å². The summed E-state index contributed by atoms with van der Waals surface area (Å²) in [7, 11) is 0. The van der Waals surface area contributed by atoms with E-state index < -0.39 is 6.17 Å². The van der Waals surface area contributed by atoms with Gasteiger partial charge in [0, 0.05) is 6.42 Å². The van der Waals surface area contributed by atoms with Crippen molar-refractivity contribution in [3.63, 3.8) is 0 Å². The fraction of sp³-hybridized carbons (Fsp3) is 0.200. The zero-order valence-electron chi connectivity index (χ0n) is 7.90. The number of rotatable bonds is 3. The Balaban J connectivity index is 2.06. The molecule has 0 bridgehead atoms. The third-order valence-electron chi connectivity index (χ3n) is 2.05. The summed E-state index contributed by atoms with van der Waals surface area (Å²) in [5, 5.41) is 0. The molecule has 2 N–H and O–H groups in total. The molecule has 1 aromatic carbocycles. The Morgan fingerprint density at radius 1 is 1.53 bits per heavy atom. The molecule has 0 saturated carbocycles. The number of aliphatic imine (C=N–C) groups is 1. The number of aldehydes is 1. The van der Waals surface area contributed by atoms with Gasteiger partial charge in [-0.05, 0) is 17.7 Å². The van der Waals surface area contributed by atoms with Gasteiger partial charge in [-0.25, -0.2) is 14.8 Å². The second kappa shape index (κ2) is 4.18. The Kier molecular flexibility index (Phi) is 2.73. The van der Waals surface area contributed by atoms with E-state index in [2.05, 4.69) is 15.8 Å². The van der Waals surface area contributed by atoms with Crippen molar-refractivity contribution in [2.45, 2.75) is 12.6 Å². The van der Waals surface area contributed by atoms with Crippen LogP contribution in [0, 0.1) is 5.82 Å².